The van der Waals surface area contributed by atoms with Crippen LogP contribution in [0.4, 0.5) is 4.39 Å². The van der Waals surface area contributed by atoms with Crippen LogP contribution in [-0.4, -0.2) is 45.7 Å². The summed E-state index contributed by atoms with van der Waals surface area (Å²) in [6, 6.07) is 8.23. The first-order valence-electron chi connectivity index (χ1n) is 9.73. The highest BCUT2D eigenvalue weighted by Crippen LogP contribution is 2.35. The van der Waals surface area contributed by atoms with Crippen LogP contribution in [0.5, 0.6) is 0 Å². The van der Waals surface area contributed by atoms with Gasteiger partial charge >= 0.3 is 5.97 Å². The Morgan fingerprint density at radius 1 is 1.18 bits per heavy atom. The fraction of sp³-hybridized carbons (Fsp3) is 0.476. The summed E-state index contributed by atoms with van der Waals surface area (Å²) >= 11 is 0. The highest BCUT2D eigenvalue weighted by Gasteiger charge is 2.42. The predicted molar refractivity (Wildman–Crippen MR) is 103 cm³/mol. The molecule has 6 nitrogen and oxygen atoms in total. The van der Waals surface area contributed by atoms with Crippen LogP contribution in [0.15, 0.2) is 30.3 Å². The standard InChI is InChI=1S/C21H26FN3O3/c1-25(20(26)17-10-11-18(17)21(27)28)12-4-2-3-5-16-13-19(24-23-16)14-6-8-15(22)9-7-14/h6-9,13,17-18H,2-5,10-12H2,1H3,(H,23,24)(H,27,28). The quantitative estimate of drug-likeness (QED) is 0.645. The normalized spacial score (nSPS) is 18.5. The van der Waals surface area contributed by atoms with Gasteiger partial charge in [0.25, 0.3) is 0 Å². The fourth-order valence-electron chi connectivity index (χ4n) is 3.58. The monoisotopic (exact) mass is 387 g/mol. The summed E-state index contributed by atoms with van der Waals surface area (Å²) in [6.45, 7) is 0.644. The maximum Gasteiger partial charge on any atom is 0.307 e. The van der Waals surface area contributed by atoms with Gasteiger partial charge in [-0.3, -0.25) is 14.7 Å². The highest BCUT2D eigenvalue weighted by molar-refractivity contribution is 5.86. The van der Waals surface area contributed by atoms with Crippen molar-refractivity contribution in [1.82, 2.24) is 15.1 Å². The van der Waals surface area contributed by atoms with E-state index in [-0.39, 0.29) is 17.6 Å². The van der Waals surface area contributed by atoms with Crippen LogP contribution in [0.1, 0.15) is 37.8 Å². The number of hydrogen-bond acceptors (Lipinski definition) is 3. The molecule has 0 saturated heterocycles. The van der Waals surface area contributed by atoms with Gasteiger partial charge in [-0.05, 0) is 62.4 Å². The number of H-pyrrole nitrogens is 1. The number of halogens is 1. The van der Waals surface area contributed by atoms with Gasteiger partial charge in [0.2, 0.25) is 5.91 Å². The number of aliphatic carboxylic acids is 1. The van der Waals surface area contributed by atoms with Crippen molar-refractivity contribution in [2.24, 2.45) is 11.8 Å². The van der Waals surface area contributed by atoms with Gasteiger partial charge in [0, 0.05) is 24.8 Å². The van der Waals surface area contributed by atoms with E-state index in [2.05, 4.69) is 10.2 Å². The summed E-state index contributed by atoms with van der Waals surface area (Å²) in [5.74, 6) is -2.03. The zero-order chi connectivity index (χ0) is 20.1. The maximum absolute atomic E-state index is 13.0. The molecule has 150 valence electrons. The van der Waals surface area contributed by atoms with Crippen LogP contribution in [0, 0.1) is 17.7 Å². The lowest BCUT2D eigenvalue weighted by Gasteiger charge is -2.35. The molecule has 3 rings (SSSR count). The molecule has 1 amide bonds. The number of rotatable bonds is 9. The zero-order valence-electron chi connectivity index (χ0n) is 16.0. The predicted octanol–water partition coefficient (Wildman–Crippen LogP) is 3.50. The van der Waals surface area contributed by atoms with Gasteiger partial charge in [-0.2, -0.15) is 5.10 Å². The van der Waals surface area contributed by atoms with Gasteiger partial charge in [0.1, 0.15) is 5.82 Å². The minimum absolute atomic E-state index is 0.0452. The largest absolute Gasteiger partial charge is 0.481 e. The number of carboxylic acids is 1. The number of carbonyl (C=O) groups is 2. The van der Waals surface area contributed by atoms with Crippen molar-refractivity contribution >= 4 is 11.9 Å². The second-order valence-corrected chi connectivity index (χ2v) is 7.48. The van der Waals surface area contributed by atoms with E-state index in [1.54, 1.807) is 24.1 Å². The number of carboxylic acid groups (broad SMARTS) is 1. The third-order valence-corrected chi connectivity index (χ3v) is 5.50. The smallest absolute Gasteiger partial charge is 0.307 e. The molecule has 1 heterocycles. The van der Waals surface area contributed by atoms with Crippen molar-refractivity contribution in [3.63, 3.8) is 0 Å². The highest BCUT2D eigenvalue weighted by atomic mass is 19.1. The van der Waals surface area contributed by atoms with E-state index in [1.165, 1.54) is 12.1 Å². The lowest BCUT2D eigenvalue weighted by molar-refractivity contribution is -0.156. The van der Waals surface area contributed by atoms with Gasteiger partial charge in [0.05, 0.1) is 17.5 Å². The van der Waals surface area contributed by atoms with E-state index in [4.69, 9.17) is 5.11 Å². The first kappa shape index (κ1) is 20.0. The van der Waals surface area contributed by atoms with Crippen LogP contribution in [0.25, 0.3) is 11.3 Å². The molecule has 1 aromatic carbocycles. The number of amides is 1. The molecule has 1 saturated carbocycles. The van der Waals surface area contributed by atoms with E-state index < -0.39 is 11.9 Å². The van der Waals surface area contributed by atoms with E-state index >= 15 is 0 Å². The number of nitrogens with zero attached hydrogens (tertiary/aromatic N) is 2. The number of nitrogens with one attached hydrogen (secondary N) is 1. The maximum atomic E-state index is 13.0. The topological polar surface area (TPSA) is 86.3 Å². The summed E-state index contributed by atoms with van der Waals surface area (Å²) in [4.78, 5) is 25.0. The number of aromatic amines is 1. The van der Waals surface area contributed by atoms with Crippen molar-refractivity contribution in [1.29, 1.82) is 0 Å². The number of hydrogen-bond donors (Lipinski definition) is 2. The minimum atomic E-state index is -0.863. The molecular weight excluding hydrogens is 361 g/mol. The Morgan fingerprint density at radius 2 is 1.89 bits per heavy atom. The molecule has 0 spiro atoms. The lowest BCUT2D eigenvalue weighted by atomic mass is 9.73. The number of benzene rings is 1. The SMILES string of the molecule is CN(CCCCCc1cc(-c2ccc(F)cc2)n[nH]1)C(=O)C1CCC1C(=O)O. The Morgan fingerprint density at radius 3 is 2.54 bits per heavy atom. The average molecular weight is 387 g/mol. The molecule has 2 unspecified atom stereocenters. The third kappa shape index (κ3) is 4.77. The van der Waals surface area contributed by atoms with Gasteiger partial charge in [0.15, 0.2) is 0 Å². The number of aryl methyl sites for hydroxylation is 1. The fourth-order valence-corrected chi connectivity index (χ4v) is 3.58. The second kappa shape index (κ2) is 8.99. The number of carbonyl (C=O) groups excluding carboxylic acids is 1. The van der Waals surface area contributed by atoms with Crippen molar-refractivity contribution in [3.05, 3.63) is 41.8 Å². The molecule has 2 N–H and O–H groups in total. The Labute approximate surface area is 163 Å². The Balaban J connectivity index is 1.36. The number of aromatic nitrogens is 2. The van der Waals surface area contributed by atoms with Crippen LogP contribution in [0.2, 0.25) is 0 Å². The molecule has 1 aliphatic rings. The molecule has 0 radical (unpaired) electrons. The summed E-state index contributed by atoms with van der Waals surface area (Å²) in [5.41, 5.74) is 2.70. The van der Waals surface area contributed by atoms with Crippen LogP contribution in [-0.2, 0) is 16.0 Å². The van der Waals surface area contributed by atoms with Crippen LogP contribution in [0.3, 0.4) is 0 Å². The molecular formula is C21H26FN3O3. The molecule has 1 fully saturated rings. The summed E-state index contributed by atoms with van der Waals surface area (Å²) in [6.07, 6.45) is 4.95. The van der Waals surface area contributed by atoms with Crippen LogP contribution < -0.4 is 0 Å². The van der Waals surface area contributed by atoms with Crippen molar-refractivity contribution < 1.29 is 19.1 Å². The molecule has 2 atom stereocenters. The summed E-state index contributed by atoms with van der Waals surface area (Å²) in [7, 11) is 1.75. The Hall–Kier alpha value is -2.70. The van der Waals surface area contributed by atoms with Crippen molar-refractivity contribution in [2.75, 3.05) is 13.6 Å². The average Bonchev–Trinajstić information content (AvgIpc) is 3.09. The van der Waals surface area contributed by atoms with E-state index in [1.807, 2.05) is 6.07 Å². The van der Waals surface area contributed by atoms with Gasteiger partial charge in [-0.1, -0.05) is 6.42 Å². The van der Waals surface area contributed by atoms with Crippen LogP contribution >= 0.6 is 0 Å². The van der Waals surface area contributed by atoms with Gasteiger partial charge in [-0.25, -0.2) is 4.39 Å². The van der Waals surface area contributed by atoms with E-state index in [0.29, 0.717) is 19.4 Å². The summed E-state index contributed by atoms with van der Waals surface area (Å²) in [5, 5.41) is 16.4. The second-order valence-electron chi connectivity index (χ2n) is 7.48. The molecule has 2 aromatic rings. The Bertz CT molecular complexity index is 819. The van der Waals surface area contributed by atoms with Crippen molar-refractivity contribution in [2.45, 2.75) is 38.5 Å². The molecule has 0 bridgehead atoms. The van der Waals surface area contributed by atoms with E-state index in [0.717, 1.165) is 42.6 Å². The van der Waals surface area contributed by atoms with Crippen molar-refractivity contribution in [3.8, 4) is 11.3 Å². The first-order valence-corrected chi connectivity index (χ1v) is 9.73. The molecule has 0 aliphatic heterocycles. The first-order chi connectivity index (χ1) is 13.5. The van der Waals surface area contributed by atoms with Gasteiger partial charge < -0.3 is 10.0 Å². The zero-order valence-corrected chi connectivity index (χ0v) is 16.0. The Kier molecular flexibility index (Phi) is 6.44. The third-order valence-electron chi connectivity index (χ3n) is 5.50. The molecule has 28 heavy (non-hydrogen) atoms. The molecule has 1 aliphatic carbocycles. The number of unbranched alkanes of at least 4 members (excludes halogenated alkanes) is 2. The molecule has 7 heteroatoms. The summed E-state index contributed by atoms with van der Waals surface area (Å²) < 4.78 is 13.0. The molecule has 1 aromatic heterocycles. The minimum Gasteiger partial charge on any atom is -0.481 e. The lowest BCUT2D eigenvalue weighted by Crippen LogP contribution is -2.45. The van der Waals surface area contributed by atoms with Gasteiger partial charge in [-0.15, -0.1) is 0 Å². The van der Waals surface area contributed by atoms with E-state index in [9.17, 15) is 14.0 Å².